The van der Waals surface area contributed by atoms with Gasteiger partial charge in [-0.1, -0.05) is 40.5 Å². The molecule has 29 heavy (non-hydrogen) atoms. The highest BCUT2D eigenvalue weighted by Gasteiger charge is 2.25. The summed E-state index contributed by atoms with van der Waals surface area (Å²) in [5.74, 6) is 0.686. The van der Waals surface area contributed by atoms with Crippen molar-refractivity contribution in [2.24, 2.45) is 19.8 Å². The van der Waals surface area contributed by atoms with Crippen LogP contribution in [-0.2, 0) is 20.6 Å². The van der Waals surface area contributed by atoms with Crippen molar-refractivity contribution in [3.8, 4) is 0 Å². The van der Waals surface area contributed by atoms with Gasteiger partial charge in [-0.2, -0.15) is 4.98 Å². The van der Waals surface area contributed by atoms with E-state index in [1.807, 2.05) is 28.8 Å². The summed E-state index contributed by atoms with van der Waals surface area (Å²) < 4.78 is 5.46. The number of aromatic nitrogens is 4. The quantitative estimate of drug-likeness (QED) is 0.640. The summed E-state index contributed by atoms with van der Waals surface area (Å²) in [4.78, 5) is 32.4. The SMILES string of the molecule is Cn1c(=O)c2c(nc(N3CCCCC(N)C3)n2Cc2ccccc2Br)n(C)c1=O. The van der Waals surface area contributed by atoms with Gasteiger partial charge in [0.1, 0.15) is 0 Å². The fourth-order valence-electron chi connectivity index (χ4n) is 3.98. The molecule has 9 heteroatoms. The summed E-state index contributed by atoms with van der Waals surface area (Å²) >= 11 is 3.60. The second-order valence-electron chi connectivity index (χ2n) is 7.67. The van der Waals surface area contributed by atoms with Crippen LogP contribution in [0.15, 0.2) is 38.3 Å². The van der Waals surface area contributed by atoms with Crippen molar-refractivity contribution >= 4 is 33.0 Å². The smallest absolute Gasteiger partial charge is 0.332 e. The second-order valence-corrected chi connectivity index (χ2v) is 8.52. The Bertz CT molecular complexity index is 1180. The monoisotopic (exact) mass is 460 g/mol. The molecule has 2 N–H and O–H groups in total. The number of imidazole rings is 1. The second kappa shape index (κ2) is 7.79. The minimum absolute atomic E-state index is 0.0564. The molecule has 1 aromatic carbocycles. The van der Waals surface area contributed by atoms with Gasteiger partial charge >= 0.3 is 5.69 Å². The zero-order valence-electron chi connectivity index (χ0n) is 16.6. The number of benzene rings is 1. The van der Waals surface area contributed by atoms with Gasteiger partial charge in [0, 0.05) is 37.7 Å². The highest BCUT2D eigenvalue weighted by Crippen LogP contribution is 2.26. The van der Waals surface area contributed by atoms with Gasteiger partial charge in [-0.3, -0.25) is 18.5 Å². The van der Waals surface area contributed by atoms with E-state index in [9.17, 15) is 9.59 Å². The Morgan fingerprint density at radius 2 is 1.93 bits per heavy atom. The van der Waals surface area contributed by atoms with Gasteiger partial charge in [0.15, 0.2) is 11.2 Å². The average molecular weight is 461 g/mol. The van der Waals surface area contributed by atoms with Gasteiger partial charge < -0.3 is 10.6 Å². The lowest BCUT2D eigenvalue weighted by Crippen LogP contribution is -2.38. The van der Waals surface area contributed by atoms with Crippen molar-refractivity contribution in [3.63, 3.8) is 0 Å². The maximum absolute atomic E-state index is 13.1. The summed E-state index contributed by atoms with van der Waals surface area (Å²) in [6.45, 7) is 1.96. The fourth-order valence-corrected chi connectivity index (χ4v) is 4.39. The third-order valence-corrected chi connectivity index (χ3v) is 6.38. The van der Waals surface area contributed by atoms with Crippen molar-refractivity contribution < 1.29 is 0 Å². The number of hydrogen-bond acceptors (Lipinski definition) is 5. The number of anilines is 1. The Morgan fingerprint density at radius 3 is 2.69 bits per heavy atom. The van der Waals surface area contributed by atoms with Crippen LogP contribution in [-0.4, -0.2) is 37.8 Å². The van der Waals surface area contributed by atoms with E-state index in [2.05, 4.69) is 20.8 Å². The summed E-state index contributed by atoms with van der Waals surface area (Å²) in [6, 6.07) is 7.97. The van der Waals surface area contributed by atoms with Crippen LogP contribution < -0.4 is 21.9 Å². The molecular weight excluding hydrogens is 436 g/mol. The van der Waals surface area contributed by atoms with E-state index in [1.165, 1.54) is 11.6 Å². The molecule has 1 aliphatic heterocycles. The average Bonchev–Trinajstić information content (AvgIpc) is 2.94. The zero-order valence-corrected chi connectivity index (χ0v) is 18.2. The van der Waals surface area contributed by atoms with Crippen molar-refractivity contribution in [3.05, 3.63) is 55.1 Å². The molecule has 0 aliphatic carbocycles. The van der Waals surface area contributed by atoms with Crippen molar-refractivity contribution in [1.82, 2.24) is 18.7 Å². The highest BCUT2D eigenvalue weighted by atomic mass is 79.9. The molecule has 0 amide bonds. The van der Waals surface area contributed by atoms with E-state index < -0.39 is 0 Å². The highest BCUT2D eigenvalue weighted by molar-refractivity contribution is 9.10. The Kier molecular flexibility index (Phi) is 5.35. The largest absolute Gasteiger partial charge is 0.341 e. The van der Waals surface area contributed by atoms with Gasteiger partial charge in [0.05, 0.1) is 6.54 Å². The van der Waals surface area contributed by atoms with Crippen LogP contribution in [0.4, 0.5) is 5.95 Å². The number of rotatable bonds is 3. The molecule has 3 heterocycles. The van der Waals surface area contributed by atoms with Crippen molar-refractivity contribution in [2.75, 3.05) is 18.0 Å². The summed E-state index contributed by atoms with van der Waals surface area (Å²) in [5.41, 5.74) is 7.42. The molecule has 0 spiro atoms. The first-order chi connectivity index (χ1) is 13.9. The Balaban J connectivity index is 1.97. The molecule has 1 saturated heterocycles. The van der Waals surface area contributed by atoms with Gasteiger partial charge in [-0.25, -0.2) is 4.79 Å². The topological polar surface area (TPSA) is 91.1 Å². The molecule has 1 atom stereocenters. The molecule has 1 aliphatic rings. The Labute approximate surface area is 176 Å². The molecule has 8 nitrogen and oxygen atoms in total. The molecule has 1 unspecified atom stereocenters. The van der Waals surface area contributed by atoms with Crippen LogP contribution in [0.25, 0.3) is 11.2 Å². The summed E-state index contributed by atoms with van der Waals surface area (Å²) in [5, 5.41) is 0. The molecule has 2 aromatic heterocycles. The normalized spacial score (nSPS) is 17.7. The van der Waals surface area contributed by atoms with Crippen LogP contribution >= 0.6 is 15.9 Å². The standard InChI is InChI=1S/C20H25BrN6O2/c1-24-17-16(18(28)25(2)20(24)29)27(11-13-7-3-4-9-15(13)21)19(23-17)26-10-6-5-8-14(22)12-26/h3-4,7,9,14H,5-6,8,10-12,22H2,1-2H3. The molecule has 4 rings (SSSR count). The van der Waals surface area contributed by atoms with E-state index >= 15 is 0 Å². The third-order valence-electron chi connectivity index (χ3n) is 5.60. The van der Waals surface area contributed by atoms with E-state index in [1.54, 1.807) is 7.05 Å². The molecule has 154 valence electrons. The van der Waals surface area contributed by atoms with Crippen molar-refractivity contribution in [2.45, 2.75) is 31.8 Å². The lowest BCUT2D eigenvalue weighted by atomic mass is 10.2. The Hall–Kier alpha value is -2.39. The lowest BCUT2D eigenvalue weighted by Gasteiger charge is -2.24. The van der Waals surface area contributed by atoms with E-state index in [0.717, 1.165) is 40.4 Å². The minimum Gasteiger partial charge on any atom is -0.341 e. The fraction of sp³-hybridized carbons (Fsp3) is 0.450. The number of nitrogens with two attached hydrogens (primary N) is 1. The minimum atomic E-state index is -0.382. The van der Waals surface area contributed by atoms with Crippen LogP contribution in [0.1, 0.15) is 24.8 Å². The number of nitrogens with zero attached hydrogens (tertiary/aromatic N) is 5. The van der Waals surface area contributed by atoms with Crippen LogP contribution in [0.3, 0.4) is 0 Å². The Morgan fingerprint density at radius 1 is 1.17 bits per heavy atom. The van der Waals surface area contributed by atoms with Gasteiger partial charge in [-0.05, 0) is 24.5 Å². The number of halogens is 1. The first-order valence-corrected chi connectivity index (χ1v) is 10.6. The van der Waals surface area contributed by atoms with E-state index in [0.29, 0.717) is 30.2 Å². The number of aryl methyl sites for hydroxylation is 1. The summed E-state index contributed by atoms with van der Waals surface area (Å²) in [7, 11) is 3.15. The molecule has 3 aromatic rings. The molecule has 1 fully saturated rings. The predicted molar refractivity (Wildman–Crippen MR) is 117 cm³/mol. The number of fused-ring (bicyclic) bond motifs is 1. The van der Waals surface area contributed by atoms with Gasteiger partial charge in [0.25, 0.3) is 5.56 Å². The van der Waals surface area contributed by atoms with Gasteiger partial charge in [-0.15, -0.1) is 0 Å². The first-order valence-electron chi connectivity index (χ1n) is 9.78. The molecule has 0 bridgehead atoms. The maximum Gasteiger partial charge on any atom is 0.332 e. The van der Waals surface area contributed by atoms with Gasteiger partial charge in [0.2, 0.25) is 5.95 Å². The predicted octanol–water partition coefficient (Wildman–Crippen LogP) is 1.56. The van der Waals surface area contributed by atoms with E-state index in [4.69, 9.17) is 10.7 Å². The first kappa shape index (κ1) is 19.9. The third kappa shape index (κ3) is 3.53. The number of hydrogen-bond donors (Lipinski definition) is 1. The van der Waals surface area contributed by atoms with Crippen LogP contribution in [0.5, 0.6) is 0 Å². The van der Waals surface area contributed by atoms with E-state index in [-0.39, 0.29) is 17.3 Å². The maximum atomic E-state index is 13.1. The molecular formula is C20H25BrN6O2. The van der Waals surface area contributed by atoms with Crippen molar-refractivity contribution in [1.29, 1.82) is 0 Å². The van der Waals surface area contributed by atoms with Crippen LogP contribution in [0.2, 0.25) is 0 Å². The molecule has 0 radical (unpaired) electrons. The molecule has 0 saturated carbocycles. The lowest BCUT2D eigenvalue weighted by molar-refractivity contribution is 0.615. The van der Waals surface area contributed by atoms with Crippen LogP contribution in [0, 0.1) is 0 Å². The zero-order chi connectivity index (χ0) is 20.7. The summed E-state index contributed by atoms with van der Waals surface area (Å²) in [6.07, 6.45) is 3.06.